The molecule has 168 valence electrons. The van der Waals surface area contributed by atoms with Crippen LogP contribution < -0.4 is 10.2 Å². The molecule has 0 spiro atoms. The molecule has 0 bridgehead atoms. The first-order chi connectivity index (χ1) is 15.5. The van der Waals surface area contributed by atoms with Gasteiger partial charge in [0.25, 0.3) is 11.8 Å². The van der Waals surface area contributed by atoms with Gasteiger partial charge in [-0.15, -0.1) is 0 Å². The van der Waals surface area contributed by atoms with Crippen LogP contribution in [0.3, 0.4) is 0 Å². The smallest absolute Gasteiger partial charge is 0.282 e. The van der Waals surface area contributed by atoms with Crippen molar-refractivity contribution in [3.8, 4) is 0 Å². The van der Waals surface area contributed by atoms with Crippen LogP contribution >= 0.6 is 0 Å². The topological polar surface area (TPSA) is 88.2 Å². The van der Waals surface area contributed by atoms with Crippen LogP contribution in [0.25, 0.3) is 5.57 Å². The Balaban J connectivity index is 2.08. The third-order valence-electron chi connectivity index (χ3n) is 5.01. The molecule has 2 aromatic rings. The highest BCUT2D eigenvalue weighted by molar-refractivity contribution is 6.45. The molecule has 2 aromatic carbocycles. The van der Waals surface area contributed by atoms with E-state index >= 15 is 0 Å². The second kappa shape index (κ2) is 10.7. The van der Waals surface area contributed by atoms with Gasteiger partial charge < -0.3 is 19.7 Å². The van der Waals surface area contributed by atoms with E-state index in [2.05, 4.69) is 5.32 Å². The van der Waals surface area contributed by atoms with Gasteiger partial charge in [-0.05, 0) is 29.8 Å². The Morgan fingerprint density at radius 1 is 0.906 bits per heavy atom. The fraction of sp³-hybridized carbons (Fsp3) is 0.292. The highest BCUT2D eigenvalue weighted by Crippen LogP contribution is 2.35. The third-order valence-corrected chi connectivity index (χ3v) is 5.01. The van der Waals surface area contributed by atoms with Crippen LogP contribution in [0, 0.1) is 0 Å². The molecule has 1 aliphatic heterocycles. The molecule has 32 heavy (non-hydrogen) atoms. The molecule has 0 saturated carbocycles. The number of carbonyl (C=O) groups is 3. The summed E-state index contributed by atoms with van der Waals surface area (Å²) in [7, 11) is 3.17. The van der Waals surface area contributed by atoms with Crippen LogP contribution in [0.5, 0.6) is 0 Å². The molecule has 0 aromatic heterocycles. The number of methoxy groups -OCH3 is 2. The number of hydrogen-bond acceptors (Lipinski definition) is 6. The van der Waals surface area contributed by atoms with E-state index < -0.39 is 11.8 Å². The lowest BCUT2D eigenvalue weighted by Crippen LogP contribution is -2.37. The van der Waals surface area contributed by atoms with Crippen LogP contribution in [-0.4, -0.2) is 63.1 Å². The monoisotopic (exact) mass is 437 g/mol. The summed E-state index contributed by atoms with van der Waals surface area (Å²) in [6.07, 6.45) is 0. The van der Waals surface area contributed by atoms with Gasteiger partial charge in [-0.3, -0.25) is 14.4 Å². The van der Waals surface area contributed by atoms with Crippen LogP contribution in [0.15, 0.2) is 60.3 Å². The van der Waals surface area contributed by atoms with Gasteiger partial charge in [-0.2, -0.15) is 0 Å². The summed E-state index contributed by atoms with van der Waals surface area (Å²) in [6.45, 7) is 3.03. The van der Waals surface area contributed by atoms with E-state index in [-0.39, 0.29) is 5.91 Å². The minimum atomic E-state index is -0.400. The Morgan fingerprint density at radius 3 is 2.03 bits per heavy atom. The standard InChI is InChI=1S/C24H27N3O5/c1-17(28)25-19-11-9-18(10-12-19)21-22(26(13-15-31-2)14-16-32-3)24(30)27(23(21)29)20-7-5-4-6-8-20/h4-12H,13-16H2,1-3H3,(H,25,28). The van der Waals surface area contributed by atoms with E-state index in [1.165, 1.54) is 11.8 Å². The first-order valence-corrected chi connectivity index (χ1v) is 10.3. The maximum Gasteiger partial charge on any atom is 0.282 e. The molecule has 0 radical (unpaired) electrons. The van der Waals surface area contributed by atoms with E-state index in [9.17, 15) is 14.4 Å². The summed E-state index contributed by atoms with van der Waals surface area (Å²) in [6, 6.07) is 15.7. The highest BCUT2D eigenvalue weighted by atomic mass is 16.5. The molecule has 1 aliphatic rings. The van der Waals surface area contributed by atoms with E-state index in [4.69, 9.17) is 9.47 Å². The molecule has 8 nitrogen and oxygen atoms in total. The Hall–Kier alpha value is -3.49. The fourth-order valence-corrected chi connectivity index (χ4v) is 3.55. The fourth-order valence-electron chi connectivity index (χ4n) is 3.55. The first kappa shape index (κ1) is 23.2. The molecule has 1 N–H and O–H groups in total. The largest absolute Gasteiger partial charge is 0.383 e. The van der Waals surface area contributed by atoms with Crippen molar-refractivity contribution in [3.63, 3.8) is 0 Å². The third kappa shape index (κ3) is 5.04. The maximum absolute atomic E-state index is 13.5. The van der Waals surface area contributed by atoms with Gasteiger partial charge in [-0.1, -0.05) is 30.3 Å². The molecule has 3 amide bonds. The Kier molecular flexibility index (Phi) is 7.75. The molecule has 0 saturated heterocycles. The van der Waals surface area contributed by atoms with Crippen molar-refractivity contribution in [1.82, 2.24) is 4.90 Å². The number of benzene rings is 2. The van der Waals surface area contributed by atoms with Crippen molar-refractivity contribution >= 4 is 34.7 Å². The van der Waals surface area contributed by atoms with Crippen molar-refractivity contribution in [2.24, 2.45) is 0 Å². The summed E-state index contributed by atoms with van der Waals surface area (Å²) in [5.41, 5.74) is 2.31. The number of carbonyl (C=O) groups excluding carboxylic acids is 3. The lowest BCUT2D eigenvalue weighted by atomic mass is 10.0. The maximum atomic E-state index is 13.5. The Bertz CT molecular complexity index is 994. The minimum absolute atomic E-state index is 0.190. The van der Waals surface area contributed by atoms with Crippen molar-refractivity contribution in [3.05, 3.63) is 65.9 Å². The number of imide groups is 1. The normalized spacial score (nSPS) is 13.7. The van der Waals surface area contributed by atoms with E-state index in [0.717, 1.165) is 0 Å². The van der Waals surface area contributed by atoms with Gasteiger partial charge in [0.15, 0.2) is 0 Å². The van der Waals surface area contributed by atoms with E-state index in [1.807, 2.05) is 11.0 Å². The summed E-state index contributed by atoms with van der Waals surface area (Å²) in [4.78, 5) is 41.4. The second-order valence-electron chi connectivity index (χ2n) is 7.24. The first-order valence-electron chi connectivity index (χ1n) is 10.3. The number of hydrogen-bond donors (Lipinski definition) is 1. The zero-order valence-electron chi connectivity index (χ0n) is 18.5. The van der Waals surface area contributed by atoms with Crippen LogP contribution in [0.1, 0.15) is 12.5 Å². The number of para-hydroxylation sites is 1. The lowest BCUT2D eigenvalue weighted by Gasteiger charge is -2.25. The van der Waals surface area contributed by atoms with Gasteiger partial charge in [-0.25, -0.2) is 4.90 Å². The van der Waals surface area contributed by atoms with Gasteiger partial charge >= 0.3 is 0 Å². The Labute approximate surface area is 187 Å². The molecule has 0 aliphatic carbocycles. The molecular weight excluding hydrogens is 410 g/mol. The van der Waals surface area contributed by atoms with E-state index in [0.29, 0.717) is 54.5 Å². The average Bonchev–Trinajstić information content (AvgIpc) is 3.04. The second-order valence-corrected chi connectivity index (χ2v) is 7.24. The number of nitrogens with zero attached hydrogens (tertiary/aromatic N) is 2. The quantitative estimate of drug-likeness (QED) is 0.575. The van der Waals surface area contributed by atoms with Gasteiger partial charge in [0.05, 0.1) is 24.5 Å². The number of anilines is 2. The Morgan fingerprint density at radius 2 is 1.50 bits per heavy atom. The van der Waals surface area contributed by atoms with Gasteiger partial charge in [0.2, 0.25) is 5.91 Å². The van der Waals surface area contributed by atoms with Crippen LogP contribution in [0.2, 0.25) is 0 Å². The molecular formula is C24H27N3O5. The zero-order chi connectivity index (χ0) is 23.1. The predicted octanol–water partition coefficient (Wildman–Crippen LogP) is 2.52. The lowest BCUT2D eigenvalue weighted by molar-refractivity contribution is -0.121. The molecule has 0 atom stereocenters. The molecule has 1 heterocycles. The average molecular weight is 437 g/mol. The van der Waals surface area contributed by atoms with Crippen molar-refractivity contribution < 1.29 is 23.9 Å². The molecule has 0 unspecified atom stereocenters. The molecule has 3 rings (SSSR count). The number of amides is 3. The summed E-state index contributed by atoms with van der Waals surface area (Å²) in [5.74, 6) is -0.983. The number of rotatable bonds is 10. The van der Waals surface area contributed by atoms with Gasteiger partial charge in [0, 0.05) is 39.9 Å². The summed E-state index contributed by atoms with van der Waals surface area (Å²) in [5, 5.41) is 2.71. The van der Waals surface area contributed by atoms with Crippen molar-refractivity contribution in [2.75, 3.05) is 50.7 Å². The predicted molar refractivity (Wildman–Crippen MR) is 122 cm³/mol. The number of nitrogens with one attached hydrogen (secondary N) is 1. The zero-order valence-corrected chi connectivity index (χ0v) is 18.5. The summed E-state index contributed by atoms with van der Waals surface area (Å²) >= 11 is 0. The van der Waals surface area contributed by atoms with E-state index in [1.54, 1.807) is 62.8 Å². The van der Waals surface area contributed by atoms with Crippen LogP contribution in [0.4, 0.5) is 11.4 Å². The van der Waals surface area contributed by atoms with Gasteiger partial charge in [0.1, 0.15) is 5.70 Å². The molecule has 0 fully saturated rings. The highest BCUT2D eigenvalue weighted by Gasteiger charge is 2.42. The van der Waals surface area contributed by atoms with Crippen molar-refractivity contribution in [1.29, 1.82) is 0 Å². The summed E-state index contributed by atoms with van der Waals surface area (Å²) < 4.78 is 10.4. The van der Waals surface area contributed by atoms with Crippen molar-refractivity contribution in [2.45, 2.75) is 6.92 Å². The number of ether oxygens (including phenoxy) is 2. The SMILES string of the molecule is COCCN(CCOC)C1=C(c2ccc(NC(C)=O)cc2)C(=O)N(c2ccccc2)C1=O. The molecule has 8 heteroatoms. The minimum Gasteiger partial charge on any atom is -0.383 e. The van der Waals surface area contributed by atoms with Crippen LogP contribution in [-0.2, 0) is 23.9 Å².